The van der Waals surface area contributed by atoms with Gasteiger partial charge in [-0.3, -0.25) is 4.79 Å². The summed E-state index contributed by atoms with van der Waals surface area (Å²) in [6.45, 7) is 11.0. The van der Waals surface area contributed by atoms with Gasteiger partial charge in [-0.1, -0.05) is 69.7 Å². The van der Waals surface area contributed by atoms with E-state index in [1.54, 1.807) is 23.5 Å². The first-order chi connectivity index (χ1) is 17.0. The van der Waals surface area contributed by atoms with Crippen LogP contribution >= 0.6 is 11.3 Å². The van der Waals surface area contributed by atoms with Gasteiger partial charge in [-0.05, 0) is 65.4 Å². The summed E-state index contributed by atoms with van der Waals surface area (Å²) >= 11 is 1.72. The number of sulfonamides is 1. The molecule has 1 unspecified atom stereocenters. The van der Waals surface area contributed by atoms with E-state index in [4.69, 9.17) is 0 Å². The van der Waals surface area contributed by atoms with Crippen molar-refractivity contribution in [1.29, 1.82) is 0 Å². The molecule has 192 valence electrons. The lowest BCUT2D eigenvalue weighted by Crippen LogP contribution is -2.46. The zero-order chi connectivity index (χ0) is 26.1. The number of carbonyl (C=O) groups excluding carboxylic acids is 1. The van der Waals surface area contributed by atoms with Gasteiger partial charge in [0.15, 0.2) is 0 Å². The number of benzene rings is 2. The van der Waals surface area contributed by atoms with E-state index in [-0.39, 0.29) is 28.8 Å². The quantitative estimate of drug-likeness (QED) is 0.385. The fraction of sp³-hybridized carbons (Fsp3) is 0.414. The molecule has 0 spiro atoms. The second-order valence-electron chi connectivity index (χ2n) is 10.6. The van der Waals surface area contributed by atoms with E-state index in [1.165, 1.54) is 9.18 Å². The van der Waals surface area contributed by atoms with Gasteiger partial charge in [0, 0.05) is 18.0 Å². The summed E-state index contributed by atoms with van der Waals surface area (Å²) in [5.74, 6) is -0.166. The molecule has 1 aromatic heterocycles. The number of rotatable bonds is 7. The topological polar surface area (TPSA) is 57.7 Å². The molecule has 1 aliphatic heterocycles. The Balaban J connectivity index is 1.62. The predicted molar refractivity (Wildman–Crippen MR) is 147 cm³/mol. The fourth-order valence-electron chi connectivity index (χ4n) is 4.74. The highest BCUT2D eigenvalue weighted by Gasteiger charge is 2.35. The maximum absolute atomic E-state index is 13.8. The van der Waals surface area contributed by atoms with Crippen LogP contribution in [0.2, 0.25) is 0 Å². The maximum Gasteiger partial charge on any atom is 0.243 e. The predicted octanol–water partition coefficient (Wildman–Crippen LogP) is 5.93. The Bertz CT molecular complexity index is 1300. The number of fused-ring (bicyclic) bond motifs is 1. The lowest BCUT2D eigenvalue weighted by atomic mass is 9.87. The molecule has 0 fully saturated rings. The van der Waals surface area contributed by atoms with Crippen molar-refractivity contribution in [3.63, 3.8) is 0 Å². The van der Waals surface area contributed by atoms with Crippen LogP contribution in [0.15, 0.2) is 64.9 Å². The van der Waals surface area contributed by atoms with Gasteiger partial charge in [-0.2, -0.15) is 4.31 Å². The minimum atomic E-state index is -3.81. The molecule has 5 nitrogen and oxygen atoms in total. The Labute approximate surface area is 219 Å². The molecule has 36 heavy (non-hydrogen) atoms. The van der Waals surface area contributed by atoms with Gasteiger partial charge in [0.25, 0.3) is 0 Å². The third-order valence-electron chi connectivity index (χ3n) is 6.82. The minimum absolute atomic E-state index is 0.0683. The molecule has 1 atom stereocenters. The van der Waals surface area contributed by atoms with Crippen LogP contribution in [0.3, 0.4) is 0 Å². The smallest absolute Gasteiger partial charge is 0.243 e. The molecule has 7 heteroatoms. The summed E-state index contributed by atoms with van der Waals surface area (Å²) in [7, 11) is -3.81. The molecular formula is C29H36N2O3S2. The summed E-state index contributed by atoms with van der Waals surface area (Å²) in [6.07, 6.45) is 1.42. The Morgan fingerprint density at radius 1 is 1.06 bits per heavy atom. The second-order valence-corrected chi connectivity index (χ2v) is 13.5. The van der Waals surface area contributed by atoms with Crippen LogP contribution in [-0.2, 0) is 26.7 Å². The number of carbonyl (C=O) groups is 1. The fourth-order valence-corrected chi connectivity index (χ4v) is 7.13. The van der Waals surface area contributed by atoms with E-state index >= 15 is 0 Å². The van der Waals surface area contributed by atoms with Crippen LogP contribution in [-0.4, -0.2) is 43.2 Å². The maximum atomic E-state index is 13.8. The summed E-state index contributed by atoms with van der Waals surface area (Å²) in [6, 6.07) is 17.2. The average Bonchev–Trinajstić information content (AvgIpc) is 3.32. The first kappa shape index (κ1) is 26.6. The summed E-state index contributed by atoms with van der Waals surface area (Å²) < 4.78 is 28.6. The number of hydrogen-bond acceptors (Lipinski definition) is 4. The first-order valence-corrected chi connectivity index (χ1v) is 14.9. The molecule has 3 aromatic rings. The highest BCUT2D eigenvalue weighted by Crippen LogP contribution is 2.38. The van der Waals surface area contributed by atoms with Crippen molar-refractivity contribution in [3.05, 3.63) is 87.1 Å². The van der Waals surface area contributed by atoms with Gasteiger partial charge < -0.3 is 4.90 Å². The number of thiophene rings is 1. The lowest BCUT2D eigenvalue weighted by Gasteiger charge is -2.37. The largest absolute Gasteiger partial charge is 0.330 e. The van der Waals surface area contributed by atoms with Gasteiger partial charge in [-0.25, -0.2) is 8.42 Å². The molecule has 1 amide bonds. The molecule has 2 aromatic carbocycles. The van der Waals surface area contributed by atoms with Crippen LogP contribution in [0.4, 0.5) is 0 Å². The van der Waals surface area contributed by atoms with Crippen LogP contribution in [0, 0.1) is 6.92 Å². The Hall–Kier alpha value is -2.48. The van der Waals surface area contributed by atoms with Crippen molar-refractivity contribution >= 4 is 27.3 Å². The molecule has 1 aliphatic rings. The van der Waals surface area contributed by atoms with Crippen LogP contribution in [0.1, 0.15) is 67.3 Å². The highest BCUT2D eigenvalue weighted by atomic mass is 32.2. The van der Waals surface area contributed by atoms with Gasteiger partial charge in [0.05, 0.1) is 17.5 Å². The zero-order valence-corrected chi connectivity index (χ0v) is 23.5. The van der Waals surface area contributed by atoms with E-state index in [2.05, 4.69) is 56.5 Å². The van der Waals surface area contributed by atoms with E-state index in [9.17, 15) is 13.2 Å². The van der Waals surface area contributed by atoms with Crippen LogP contribution < -0.4 is 0 Å². The Morgan fingerprint density at radius 2 is 1.72 bits per heavy atom. The summed E-state index contributed by atoms with van der Waals surface area (Å²) in [5.41, 5.74) is 4.36. The van der Waals surface area contributed by atoms with E-state index in [0.29, 0.717) is 19.5 Å². The van der Waals surface area contributed by atoms with Gasteiger partial charge >= 0.3 is 0 Å². The lowest BCUT2D eigenvalue weighted by molar-refractivity contribution is -0.133. The SMILES string of the molecule is CCCN(CC(=O)N1CCc2sccc2C1c1ccc(C)cc1)S(=O)(=O)c1ccc(C(C)(C)C)cc1. The Kier molecular flexibility index (Phi) is 7.74. The van der Waals surface area contributed by atoms with Crippen molar-refractivity contribution < 1.29 is 13.2 Å². The average molecular weight is 525 g/mol. The van der Waals surface area contributed by atoms with E-state index in [1.807, 2.05) is 30.9 Å². The summed E-state index contributed by atoms with van der Waals surface area (Å²) in [5, 5.41) is 2.08. The van der Waals surface area contributed by atoms with Crippen LogP contribution in [0.5, 0.6) is 0 Å². The molecule has 4 rings (SSSR count). The Morgan fingerprint density at radius 3 is 2.33 bits per heavy atom. The molecule has 0 N–H and O–H groups in total. The molecule has 0 saturated heterocycles. The number of amides is 1. The van der Waals surface area contributed by atoms with E-state index < -0.39 is 10.0 Å². The zero-order valence-electron chi connectivity index (χ0n) is 21.8. The number of hydrogen-bond donors (Lipinski definition) is 0. The van der Waals surface area contributed by atoms with Crippen LogP contribution in [0.25, 0.3) is 0 Å². The van der Waals surface area contributed by atoms with E-state index in [0.717, 1.165) is 28.7 Å². The third kappa shape index (κ3) is 5.43. The minimum Gasteiger partial charge on any atom is -0.330 e. The molecular weight excluding hydrogens is 488 g/mol. The normalized spacial score (nSPS) is 16.3. The monoisotopic (exact) mass is 524 g/mol. The molecule has 0 saturated carbocycles. The molecule has 2 heterocycles. The third-order valence-corrected chi connectivity index (χ3v) is 9.68. The molecule has 0 aliphatic carbocycles. The molecule has 0 bridgehead atoms. The van der Waals surface area contributed by atoms with Gasteiger partial charge in [0.2, 0.25) is 15.9 Å². The van der Waals surface area contributed by atoms with Crippen molar-refractivity contribution in [3.8, 4) is 0 Å². The van der Waals surface area contributed by atoms with Crippen molar-refractivity contribution in [1.82, 2.24) is 9.21 Å². The van der Waals surface area contributed by atoms with Crippen molar-refractivity contribution in [2.24, 2.45) is 0 Å². The number of aryl methyl sites for hydroxylation is 1. The van der Waals surface area contributed by atoms with Gasteiger partial charge in [0.1, 0.15) is 0 Å². The van der Waals surface area contributed by atoms with Crippen molar-refractivity contribution in [2.45, 2.75) is 63.8 Å². The second kappa shape index (κ2) is 10.5. The number of nitrogens with zero attached hydrogens (tertiary/aromatic N) is 2. The molecule has 0 radical (unpaired) electrons. The van der Waals surface area contributed by atoms with Crippen molar-refractivity contribution in [2.75, 3.05) is 19.6 Å². The highest BCUT2D eigenvalue weighted by molar-refractivity contribution is 7.89. The standard InChI is InChI=1S/C29H36N2O3S2/c1-6-17-30(36(33,34)24-13-11-23(12-14-24)29(3,4)5)20-27(32)31-18-15-26-25(16-19-35-26)28(31)22-9-7-21(2)8-10-22/h7-14,16,19,28H,6,15,17-18,20H2,1-5H3. The first-order valence-electron chi connectivity index (χ1n) is 12.6. The summed E-state index contributed by atoms with van der Waals surface area (Å²) in [4.78, 5) is 17.1. The van der Waals surface area contributed by atoms with Gasteiger partial charge in [-0.15, -0.1) is 11.3 Å².